The Labute approximate surface area is 181 Å². The first kappa shape index (κ1) is 18.9. The predicted molar refractivity (Wildman–Crippen MR) is 123 cm³/mol. The maximum absolute atomic E-state index is 13.1. The van der Waals surface area contributed by atoms with Gasteiger partial charge in [-0.1, -0.05) is 59.3 Å². The second-order valence-electron chi connectivity index (χ2n) is 7.03. The number of rotatable bonds is 4. The van der Waals surface area contributed by atoms with Crippen molar-refractivity contribution in [3.8, 4) is 5.75 Å². The highest BCUT2D eigenvalue weighted by molar-refractivity contribution is 7.15. The summed E-state index contributed by atoms with van der Waals surface area (Å²) in [6.45, 7) is 2.50. The van der Waals surface area contributed by atoms with E-state index in [0.717, 1.165) is 22.2 Å². The fourth-order valence-corrected chi connectivity index (χ4v) is 4.60. The van der Waals surface area contributed by atoms with Crippen LogP contribution in [-0.2, 0) is 6.61 Å². The van der Waals surface area contributed by atoms with Gasteiger partial charge < -0.3 is 4.74 Å². The highest BCUT2D eigenvalue weighted by Crippen LogP contribution is 2.25. The Morgan fingerprint density at radius 2 is 1.90 bits per heavy atom. The van der Waals surface area contributed by atoms with Gasteiger partial charge in [-0.3, -0.25) is 4.79 Å². The maximum atomic E-state index is 13.1. The molecule has 4 nitrogen and oxygen atoms in total. The smallest absolute Gasteiger partial charge is 0.274 e. The zero-order chi connectivity index (χ0) is 20.7. The molecule has 0 unspecified atom stereocenters. The number of aromatic nitrogens is 2. The second kappa shape index (κ2) is 7.59. The number of nitrogens with zero attached hydrogens (tertiary/aromatic N) is 2. The molecule has 0 aliphatic rings. The van der Waals surface area contributed by atoms with E-state index in [2.05, 4.69) is 18.0 Å². The molecule has 0 aliphatic carbocycles. The van der Waals surface area contributed by atoms with Gasteiger partial charge in [-0.15, -0.1) is 0 Å². The van der Waals surface area contributed by atoms with Crippen LogP contribution >= 0.6 is 22.9 Å². The highest BCUT2D eigenvalue weighted by Gasteiger charge is 2.12. The summed E-state index contributed by atoms with van der Waals surface area (Å²) < 4.78 is 8.33. The van der Waals surface area contributed by atoms with E-state index in [9.17, 15) is 4.79 Å². The minimum Gasteiger partial charge on any atom is -0.488 e. The highest BCUT2D eigenvalue weighted by atomic mass is 35.5. The fraction of sp³-hybridized carbons (Fsp3) is 0.0833. The molecule has 0 saturated heterocycles. The van der Waals surface area contributed by atoms with E-state index in [-0.39, 0.29) is 5.56 Å². The van der Waals surface area contributed by atoms with Crippen molar-refractivity contribution in [1.29, 1.82) is 0 Å². The third-order valence-electron chi connectivity index (χ3n) is 5.05. The summed E-state index contributed by atoms with van der Waals surface area (Å²) in [7, 11) is 0. The van der Waals surface area contributed by atoms with Gasteiger partial charge in [0.1, 0.15) is 12.4 Å². The quantitative estimate of drug-likeness (QED) is 0.401. The van der Waals surface area contributed by atoms with Gasteiger partial charge in [-0.05, 0) is 54.5 Å². The van der Waals surface area contributed by atoms with Crippen LogP contribution in [0.4, 0.5) is 0 Å². The Bertz CT molecular complexity index is 1500. The lowest BCUT2D eigenvalue weighted by Gasteiger charge is -2.11. The molecular formula is C24H17ClN2O2S. The normalized spacial score (nSPS) is 12.1. The molecule has 0 radical (unpaired) electrons. The molecule has 2 heterocycles. The summed E-state index contributed by atoms with van der Waals surface area (Å²) in [5, 5.41) is 0.587. The Morgan fingerprint density at radius 3 is 2.77 bits per heavy atom. The van der Waals surface area contributed by atoms with Gasteiger partial charge in [-0.2, -0.15) is 0 Å². The zero-order valence-corrected chi connectivity index (χ0v) is 17.7. The van der Waals surface area contributed by atoms with Crippen molar-refractivity contribution in [1.82, 2.24) is 9.38 Å². The van der Waals surface area contributed by atoms with E-state index in [1.807, 2.05) is 60.7 Å². The average Bonchev–Trinajstić information content (AvgIpc) is 3.25. The number of aryl methyl sites for hydroxylation is 1. The van der Waals surface area contributed by atoms with Crippen LogP contribution in [0.2, 0.25) is 5.02 Å². The lowest BCUT2D eigenvalue weighted by molar-refractivity contribution is 0.305. The third kappa shape index (κ3) is 3.36. The van der Waals surface area contributed by atoms with Crippen molar-refractivity contribution >= 4 is 45.0 Å². The summed E-state index contributed by atoms with van der Waals surface area (Å²) in [5.41, 5.74) is 4.60. The molecule has 0 fully saturated rings. The summed E-state index contributed by atoms with van der Waals surface area (Å²) in [6, 6.07) is 21.2. The minimum atomic E-state index is -0.0893. The van der Waals surface area contributed by atoms with Gasteiger partial charge in [0, 0.05) is 10.6 Å². The number of imidazole rings is 1. The van der Waals surface area contributed by atoms with Crippen LogP contribution < -0.4 is 14.8 Å². The van der Waals surface area contributed by atoms with Crippen molar-refractivity contribution in [2.75, 3.05) is 0 Å². The molecule has 0 aliphatic heterocycles. The number of thiazole rings is 1. The second-order valence-corrected chi connectivity index (χ2v) is 8.48. The Hall–Kier alpha value is -3.15. The van der Waals surface area contributed by atoms with E-state index in [1.165, 1.54) is 16.9 Å². The summed E-state index contributed by atoms with van der Waals surface area (Å²) in [6.07, 6.45) is 1.83. The number of fused-ring (bicyclic) bond motifs is 3. The molecule has 5 rings (SSSR count). The molecule has 148 valence electrons. The molecule has 0 bridgehead atoms. The fourth-order valence-electron chi connectivity index (χ4n) is 3.44. The van der Waals surface area contributed by atoms with Crippen molar-refractivity contribution in [2.24, 2.45) is 0 Å². The van der Waals surface area contributed by atoms with Gasteiger partial charge in [0.15, 0.2) is 4.96 Å². The number of hydrogen-bond donors (Lipinski definition) is 0. The molecule has 0 spiro atoms. The summed E-state index contributed by atoms with van der Waals surface area (Å²) in [4.78, 5) is 18.3. The van der Waals surface area contributed by atoms with Crippen molar-refractivity contribution in [2.45, 2.75) is 13.5 Å². The van der Waals surface area contributed by atoms with Crippen LogP contribution in [0.5, 0.6) is 5.75 Å². The van der Waals surface area contributed by atoms with Crippen molar-refractivity contribution < 1.29 is 4.74 Å². The zero-order valence-electron chi connectivity index (χ0n) is 16.1. The van der Waals surface area contributed by atoms with E-state index < -0.39 is 0 Å². The van der Waals surface area contributed by atoms with Crippen LogP contribution in [-0.4, -0.2) is 9.38 Å². The Kier molecular flexibility index (Phi) is 4.77. The Morgan fingerprint density at radius 1 is 1.10 bits per heavy atom. The topological polar surface area (TPSA) is 43.6 Å². The number of hydrogen-bond acceptors (Lipinski definition) is 4. The average molecular weight is 433 g/mol. The Balaban J connectivity index is 1.58. The molecule has 0 N–H and O–H groups in total. The molecular weight excluding hydrogens is 416 g/mol. The van der Waals surface area contributed by atoms with Gasteiger partial charge in [-0.25, -0.2) is 9.38 Å². The van der Waals surface area contributed by atoms with E-state index in [1.54, 1.807) is 10.5 Å². The standard InChI is InChI=1S/C24H17ClN2O2S/c1-15-6-2-3-7-16(15)14-29-21-11-10-18(25)12-17(21)13-22-23(28)27-20-9-5-4-8-19(20)26-24(27)30-22/h2-13H,14H2,1H3/b22-13-. The first-order valence-electron chi connectivity index (χ1n) is 9.49. The van der Waals surface area contributed by atoms with Crippen LogP contribution in [0.15, 0.2) is 71.5 Å². The molecule has 2 aromatic heterocycles. The first-order chi connectivity index (χ1) is 14.6. The number of para-hydroxylation sites is 2. The van der Waals surface area contributed by atoms with Crippen LogP contribution in [0.1, 0.15) is 16.7 Å². The molecule has 0 saturated carbocycles. The minimum absolute atomic E-state index is 0.0893. The van der Waals surface area contributed by atoms with Gasteiger partial charge in [0.05, 0.1) is 15.6 Å². The molecule has 30 heavy (non-hydrogen) atoms. The van der Waals surface area contributed by atoms with Crippen LogP contribution in [0.3, 0.4) is 0 Å². The van der Waals surface area contributed by atoms with Crippen molar-refractivity contribution in [3.05, 3.63) is 103 Å². The number of ether oxygens (including phenoxy) is 1. The van der Waals surface area contributed by atoms with Gasteiger partial charge in [0.2, 0.25) is 0 Å². The monoisotopic (exact) mass is 432 g/mol. The third-order valence-corrected chi connectivity index (χ3v) is 6.25. The number of halogens is 1. The summed E-state index contributed by atoms with van der Waals surface area (Å²) >= 11 is 7.59. The summed E-state index contributed by atoms with van der Waals surface area (Å²) in [5.74, 6) is 0.679. The molecule has 3 aromatic carbocycles. The molecule has 0 atom stereocenters. The first-order valence-corrected chi connectivity index (χ1v) is 10.7. The predicted octanol–water partition coefficient (Wildman–Crippen LogP) is 5.00. The lowest BCUT2D eigenvalue weighted by atomic mass is 10.1. The van der Waals surface area contributed by atoms with Crippen LogP contribution in [0, 0.1) is 6.92 Å². The van der Waals surface area contributed by atoms with Crippen LogP contribution in [0.25, 0.3) is 22.1 Å². The SMILES string of the molecule is Cc1ccccc1COc1ccc(Cl)cc1/C=c1\sc2nc3ccccc3n2c1=O. The van der Waals surface area contributed by atoms with E-state index in [0.29, 0.717) is 26.9 Å². The van der Waals surface area contributed by atoms with Crippen molar-refractivity contribution in [3.63, 3.8) is 0 Å². The van der Waals surface area contributed by atoms with E-state index in [4.69, 9.17) is 16.3 Å². The van der Waals surface area contributed by atoms with E-state index >= 15 is 0 Å². The van der Waals surface area contributed by atoms with Gasteiger partial charge in [0.25, 0.3) is 5.56 Å². The molecule has 5 aromatic rings. The largest absolute Gasteiger partial charge is 0.488 e. The number of benzene rings is 3. The lowest BCUT2D eigenvalue weighted by Crippen LogP contribution is -2.22. The molecule has 6 heteroatoms. The van der Waals surface area contributed by atoms with Gasteiger partial charge >= 0.3 is 0 Å². The molecule has 0 amide bonds. The maximum Gasteiger partial charge on any atom is 0.274 e.